The molecule has 322 valence electrons. The molecule has 6 rings (SSSR count). The Labute approximate surface area is 388 Å². The standard InChI is InChI=1S/2C27H35.C2H6Si.2ClH.Zr/c2*1-17(2)23-11-10-19-12-18(3)13-24(19)25(23)20-14-21(26(4,5)6)16-22(15-20)27(7,8)9;1-3-2;;;/h2*10-17H,1-9H3;1-2H3;2*1H;/q2*-1;;;;+4/p-2. The van der Waals surface area contributed by atoms with Crippen molar-refractivity contribution >= 4 is 48.1 Å². The van der Waals surface area contributed by atoms with Gasteiger partial charge in [-0.3, -0.25) is 0 Å². The number of halogens is 2. The second-order valence-corrected chi connectivity index (χ2v) is 26.3. The van der Waals surface area contributed by atoms with Crippen LogP contribution in [-0.2, 0) is 42.5 Å². The van der Waals surface area contributed by atoms with Gasteiger partial charge in [0.1, 0.15) is 0 Å². The molecule has 0 heterocycles. The number of fused-ring (bicyclic) bond motifs is 2. The molecule has 0 atom stereocenters. The van der Waals surface area contributed by atoms with Gasteiger partial charge >= 0.3 is 37.9 Å². The molecule has 0 N–H and O–H groups in total. The fraction of sp³-hybridized carbons (Fsp3) is 0.464. The quantitative estimate of drug-likeness (QED) is 0.122. The van der Waals surface area contributed by atoms with Crippen LogP contribution in [0.2, 0.25) is 13.1 Å². The summed E-state index contributed by atoms with van der Waals surface area (Å²) in [5, 5.41) is 5.49. The van der Waals surface area contributed by atoms with Crippen LogP contribution in [0.1, 0.15) is 167 Å². The molecule has 0 aromatic heterocycles. The number of aryl methyl sites for hydroxylation is 2. The van der Waals surface area contributed by atoms with Crippen molar-refractivity contribution in [1.29, 1.82) is 0 Å². The summed E-state index contributed by atoms with van der Waals surface area (Å²) in [7, 11) is 11.0. The summed E-state index contributed by atoms with van der Waals surface area (Å²) in [6, 6.07) is 33.1. The van der Waals surface area contributed by atoms with Crippen LogP contribution in [-0.4, -0.2) is 9.52 Å². The molecule has 2 radical (unpaired) electrons. The van der Waals surface area contributed by atoms with E-state index < -0.39 is 20.8 Å². The van der Waals surface area contributed by atoms with E-state index in [-0.39, 0.29) is 21.7 Å². The molecule has 6 aromatic carbocycles. The maximum absolute atomic E-state index is 4.93. The Hall–Kier alpha value is -2.22. The van der Waals surface area contributed by atoms with E-state index in [0.717, 1.165) is 9.52 Å². The van der Waals surface area contributed by atoms with Crippen LogP contribution in [0, 0.1) is 13.8 Å². The molecule has 0 amide bonds. The molecule has 0 aliphatic heterocycles. The Morgan fingerprint density at radius 1 is 0.467 bits per heavy atom. The molecule has 0 saturated heterocycles. The second-order valence-electron chi connectivity index (χ2n) is 21.6. The van der Waals surface area contributed by atoms with Crippen LogP contribution < -0.4 is 0 Å². The summed E-state index contributed by atoms with van der Waals surface area (Å²) in [5.41, 5.74) is 17.3. The average Bonchev–Trinajstić information content (AvgIpc) is 3.70. The Balaban J connectivity index is 0.000000283. The van der Waals surface area contributed by atoms with Crippen LogP contribution in [0.4, 0.5) is 0 Å². The molecule has 0 unspecified atom stereocenters. The summed E-state index contributed by atoms with van der Waals surface area (Å²) >= 11 is -0.826. The van der Waals surface area contributed by atoms with Crippen LogP contribution >= 0.6 is 17.0 Å². The predicted octanol–water partition coefficient (Wildman–Crippen LogP) is 18.7. The molecule has 0 bridgehead atoms. The van der Waals surface area contributed by atoms with Crippen molar-refractivity contribution in [3.05, 3.63) is 129 Å². The minimum atomic E-state index is -0.826. The zero-order chi connectivity index (χ0) is 45.7. The van der Waals surface area contributed by atoms with Crippen molar-refractivity contribution in [2.24, 2.45) is 0 Å². The van der Waals surface area contributed by atoms with Gasteiger partial charge in [0, 0.05) is 9.52 Å². The topological polar surface area (TPSA) is 0 Å². The molecule has 0 saturated carbocycles. The Morgan fingerprint density at radius 2 is 0.717 bits per heavy atom. The van der Waals surface area contributed by atoms with E-state index in [1.54, 1.807) is 0 Å². The Morgan fingerprint density at radius 3 is 0.933 bits per heavy atom. The first-order valence-corrected chi connectivity index (χ1v) is 30.2. The average molecular weight is 939 g/mol. The van der Waals surface area contributed by atoms with Gasteiger partial charge in [0.25, 0.3) is 0 Å². The van der Waals surface area contributed by atoms with E-state index >= 15 is 0 Å². The summed E-state index contributed by atoms with van der Waals surface area (Å²) in [6.07, 6.45) is 0. The van der Waals surface area contributed by atoms with Crippen LogP contribution in [0.5, 0.6) is 0 Å². The van der Waals surface area contributed by atoms with Gasteiger partial charge < -0.3 is 0 Å². The molecule has 0 aliphatic rings. The predicted molar refractivity (Wildman–Crippen MR) is 272 cm³/mol. The van der Waals surface area contributed by atoms with Gasteiger partial charge in [-0.25, -0.2) is 0 Å². The fourth-order valence-electron chi connectivity index (χ4n) is 7.78. The number of benzene rings is 4. The molecular weight excluding hydrogens is 863 g/mol. The van der Waals surface area contributed by atoms with Gasteiger partial charge in [0.05, 0.1) is 0 Å². The van der Waals surface area contributed by atoms with Crippen molar-refractivity contribution in [3.63, 3.8) is 0 Å². The zero-order valence-corrected chi connectivity index (χ0v) is 46.0. The van der Waals surface area contributed by atoms with Crippen LogP contribution in [0.3, 0.4) is 0 Å². The van der Waals surface area contributed by atoms with Crippen LogP contribution in [0.15, 0.2) is 84.9 Å². The second kappa shape index (κ2) is 21.0. The van der Waals surface area contributed by atoms with Gasteiger partial charge in [-0.2, -0.15) is 12.1 Å². The number of rotatable bonds is 4. The fourth-order valence-corrected chi connectivity index (χ4v) is 7.78. The first-order valence-electron chi connectivity index (χ1n) is 21.9. The molecule has 0 spiro atoms. The molecule has 0 fully saturated rings. The molecule has 60 heavy (non-hydrogen) atoms. The zero-order valence-electron chi connectivity index (χ0n) is 41.0. The Kier molecular flexibility index (Phi) is 18.2. The van der Waals surface area contributed by atoms with Crippen molar-refractivity contribution in [2.75, 3.05) is 0 Å². The van der Waals surface area contributed by atoms with E-state index in [1.807, 2.05) is 0 Å². The van der Waals surface area contributed by atoms with E-state index in [2.05, 4.69) is 223 Å². The summed E-state index contributed by atoms with van der Waals surface area (Å²) < 4.78 is 0. The summed E-state index contributed by atoms with van der Waals surface area (Å²) in [5.74, 6) is 0.993. The summed E-state index contributed by atoms with van der Waals surface area (Å²) in [6.45, 7) is 45.7. The molecule has 0 nitrogen and oxygen atoms in total. The normalized spacial score (nSPS) is 12.1. The van der Waals surface area contributed by atoms with Gasteiger partial charge in [-0.1, -0.05) is 196 Å². The van der Waals surface area contributed by atoms with E-state index in [0.29, 0.717) is 11.8 Å². The first kappa shape index (κ1) is 52.1. The molecule has 0 aliphatic carbocycles. The maximum atomic E-state index is 4.93. The third-order valence-electron chi connectivity index (χ3n) is 11.3. The SMILES string of the molecule is C[Si]C.Cc1cc2c(-c3cc(C(C)(C)C)cc(C(C)(C)C)c3)c(C(C)C)ccc2[cH-]1.Cc1cc2c(-c3cc(C(C)(C)C)cc(C(C)(C)C)c3)c(C(C)C)ccc2[cH-]1.[Cl][Zr+2][Cl]. The molecular formula is C56H76Cl2SiZr. The third-order valence-corrected chi connectivity index (χ3v) is 11.3. The number of hydrogen-bond acceptors (Lipinski definition) is 0. The Bertz CT molecular complexity index is 2090. The third kappa shape index (κ3) is 13.4. The molecule has 6 aromatic rings. The van der Waals surface area contributed by atoms with Gasteiger partial charge in [0.2, 0.25) is 0 Å². The van der Waals surface area contributed by atoms with E-state index in [4.69, 9.17) is 17.0 Å². The van der Waals surface area contributed by atoms with Gasteiger partial charge in [-0.05, 0) is 66.9 Å². The summed E-state index contributed by atoms with van der Waals surface area (Å²) in [4.78, 5) is 0. The first-order chi connectivity index (χ1) is 27.6. The number of hydrogen-bond donors (Lipinski definition) is 0. The van der Waals surface area contributed by atoms with E-state index in [9.17, 15) is 0 Å². The van der Waals surface area contributed by atoms with Crippen molar-refractivity contribution in [2.45, 2.75) is 171 Å². The molecule has 4 heteroatoms. The minimum absolute atomic E-state index is 0.129. The van der Waals surface area contributed by atoms with Gasteiger partial charge in [-0.15, -0.1) is 69.1 Å². The monoisotopic (exact) mass is 936 g/mol. The van der Waals surface area contributed by atoms with Crippen molar-refractivity contribution in [1.82, 2.24) is 0 Å². The van der Waals surface area contributed by atoms with Crippen molar-refractivity contribution < 1.29 is 20.8 Å². The van der Waals surface area contributed by atoms with Crippen LogP contribution in [0.25, 0.3) is 43.8 Å². The van der Waals surface area contributed by atoms with E-state index in [1.165, 1.54) is 88.3 Å². The van der Waals surface area contributed by atoms with Crippen molar-refractivity contribution in [3.8, 4) is 22.3 Å². The van der Waals surface area contributed by atoms with Gasteiger partial charge in [0.15, 0.2) is 0 Å².